The third kappa shape index (κ3) is 1.85. The first kappa shape index (κ1) is 14.2. The Labute approximate surface area is 134 Å². The summed E-state index contributed by atoms with van der Waals surface area (Å²) < 4.78 is 18.2. The topological polar surface area (TPSA) is 31.0 Å². The van der Waals surface area contributed by atoms with Gasteiger partial charge in [0, 0.05) is 20.1 Å². The third-order valence-corrected chi connectivity index (χ3v) is 8.03. The van der Waals surface area contributed by atoms with Crippen LogP contribution in [0.5, 0.6) is 0 Å². The van der Waals surface area contributed by atoms with Gasteiger partial charge in [-0.05, 0) is 61.7 Å². The Kier molecular flexibility index (Phi) is 3.36. The molecule has 1 heterocycles. The van der Waals surface area contributed by atoms with Gasteiger partial charge in [-0.15, -0.1) is 0 Å². The molecule has 5 fully saturated rings. The molecule has 5 aliphatic rings. The number of hydrogen-bond acceptors (Lipinski definition) is 3. The third-order valence-electron chi connectivity index (χ3n) is 8.03. The monoisotopic (exact) mass is 306 g/mol. The molecule has 0 aromatic rings. The summed E-state index contributed by atoms with van der Waals surface area (Å²) in [7, 11) is 3.82. The van der Waals surface area contributed by atoms with Crippen LogP contribution in [0.25, 0.3) is 0 Å². The van der Waals surface area contributed by atoms with Crippen LogP contribution in [0.15, 0.2) is 0 Å². The average molecular weight is 306 g/mol. The molecule has 0 spiro atoms. The molecular formula is C19H30O3. The van der Waals surface area contributed by atoms with E-state index in [9.17, 15) is 0 Å². The summed E-state index contributed by atoms with van der Waals surface area (Å²) in [6.07, 6.45) is 11.5. The van der Waals surface area contributed by atoms with Crippen molar-refractivity contribution in [2.24, 2.45) is 35.5 Å². The van der Waals surface area contributed by atoms with Crippen molar-refractivity contribution in [3.63, 3.8) is 0 Å². The molecule has 1 saturated heterocycles. The molecule has 0 N–H and O–H groups in total. The van der Waals surface area contributed by atoms with Crippen molar-refractivity contribution in [1.29, 1.82) is 0 Å². The van der Waals surface area contributed by atoms with E-state index in [0.717, 1.165) is 29.6 Å². The van der Waals surface area contributed by atoms with E-state index in [4.69, 9.17) is 14.2 Å². The molecule has 0 aromatic carbocycles. The molecule has 4 aliphatic carbocycles. The zero-order chi connectivity index (χ0) is 14.8. The molecular weight excluding hydrogens is 276 g/mol. The lowest BCUT2D eigenvalue weighted by atomic mass is 9.52. The lowest BCUT2D eigenvalue weighted by molar-refractivity contribution is -0.187. The fraction of sp³-hybridized carbons (Fsp3) is 1.00. The minimum absolute atomic E-state index is 0.255. The summed E-state index contributed by atoms with van der Waals surface area (Å²) in [5.74, 6) is 4.90. The molecule has 0 radical (unpaired) electrons. The minimum atomic E-state index is 0.255. The van der Waals surface area contributed by atoms with Gasteiger partial charge in [0.1, 0.15) is 0 Å². The van der Waals surface area contributed by atoms with E-state index in [1.807, 2.05) is 14.2 Å². The second-order valence-corrected chi connectivity index (χ2v) is 8.53. The molecule has 3 nitrogen and oxygen atoms in total. The van der Waals surface area contributed by atoms with Crippen molar-refractivity contribution in [1.82, 2.24) is 0 Å². The maximum Gasteiger partial charge on any atom is 0.0898 e. The van der Waals surface area contributed by atoms with Gasteiger partial charge in [0.15, 0.2) is 0 Å². The first-order valence-corrected chi connectivity index (χ1v) is 9.54. The highest BCUT2D eigenvalue weighted by molar-refractivity contribution is 5.12. The quantitative estimate of drug-likeness (QED) is 0.734. The van der Waals surface area contributed by atoms with Gasteiger partial charge in [-0.2, -0.15) is 0 Å². The Morgan fingerprint density at radius 3 is 2.27 bits per heavy atom. The van der Waals surface area contributed by atoms with E-state index >= 15 is 0 Å². The average Bonchev–Trinajstić information content (AvgIpc) is 3.19. The number of epoxide rings is 1. The van der Waals surface area contributed by atoms with Crippen LogP contribution in [-0.2, 0) is 14.2 Å². The van der Waals surface area contributed by atoms with Crippen LogP contribution in [0.4, 0.5) is 0 Å². The van der Waals surface area contributed by atoms with Crippen molar-refractivity contribution in [3.05, 3.63) is 0 Å². The first-order chi connectivity index (χ1) is 10.8. The molecule has 4 saturated carbocycles. The Balaban J connectivity index is 1.52. The molecule has 1 aliphatic heterocycles. The van der Waals surface area contributed by atoms with Crippen molar-refractivity contribution in [3.8, 4) is 0 Å². The maximum absolute atomic E-state index is 6.11. The highest BCUT2D eigenvalue weighted by atomic mass is 16.6. The second kappa shape index (κ2) is 5.19. The van der Waals surface area contributed by atoms with E-state index in [2.05, 4.69) is 0 Å². The molecule has 22 heavy (non-hydrogen) atoms. The van der Waals surface area contributed by atoms with Crippen LogP contribution in [0, 0.1) is 35.5 Å². The lowest BCUT2D eigenvalue weighted by Crippen LogP contribution is -2.60. The van der Waals surface area contributed by atoms with Gasteiger partial charge < -0.3 is 14.2 Å². The van der Waals surface area contributed by atoms with Crippen LogP contribution in [0.1, 0.15) is 44.9 Å². The van der Waals surface area contributed by atoms with Crippen molar-refractivity contribution in [2.45, 2.75) is 69.4 Å². The number of rotatable bonds is 2. The van der Waals surface area contributed by atoms with Crippen molar-refractivity contribution >= 4 is 0 Å². The van der Waals surface area contributed by atoms with Gasteiger partial charge >= 0.3 is 0 Å². The fourth-order valence-electron chi connectivity index (χ4n) is 7.30. The lowest BCUT2D eigenvalue weighted by Gasteiger charge is -2.56. The smallest absolute Gasteiger partial charge is 0.0898 e. The standard InChI is InChI=1S/C19H30O3/c1-20-18-15-11-5-3-4-10(11)6-7-12(15)13-8-9-14-17(22-14)16(13)19(18)21-2/h10-19H,3-9H2,1-2H3. The van der Waals surface area contributed by atoms with Gasteiger partial charge in [0.05, 0.1) is 24.4 Å². The second-order valence-electron chi connectivity index (χ2n) is 8.53. The Morgan fingerprint density at radius 1 is 0.727 bits per heavy atom. The van der Waals surface area contributed by atoms with Crippen molar-refractivity contribution in [2.75, 3.05) is 14.2 Å². The molecule has 124 valence electrons. The Hall–Kier alpha value is -0.120. The van der Waals surface area contributed by atoms with Crippen LogP contribution >= 0.6 is 0 Å². The van der Waals surface area contributed by atoms with E-state index in [1.54, 1.807) is 0 Å². The van der Waals surface area contributed by atoms with Gasteiger partial charge in [0.25, 0.3) is 0 Å². The molecule has 0 aromatic heterocycles. The SMILES string of the molecule is COC1C(OC)C2C(CCC3OC32)C2CCC3CCCC3C21. The summed E-state index contributed by atoms with van der Waals surface area (Å²) in [6.45, 7) is 0. The van der Waals surface area contributed by atoms with Gasteiger partial charge in [-0.3, -0.25) is 0 Å². The summed E-state index contributed by atoms with van der Waals surface area (Å²) in [5, 5.41) is 0. The molecule has 10 atom stereocenters. The molecule has 0 amide bonds. The highest BCUT2D eigenvalue weighted by Crippen LogP contribution is 2.61. The maximum atomic E-state index is 6.11. The number of fused-ring (bicyclic) bond motifs is 7. The number of methoxy groups -OCH3 is 2. The summed E-state index contributed by atoms with van der Waals surface area (Å²) in [5.41, 5.74) is 0. The predicted octanol–water partition coefficient (Wildman–Crippen LogP) is 3.27. The highest BCUT2D eigenvalue weighted by Gasteiger charge is 2.64. The number of hydrogen-bond donors (Lipinski definition) is 0. The zero-order valence-corrected chi connectivity index (χ0v) is 13.9. The summed E-state index contributed by atoms with van der Waals surface area (Å²) in [4.78, 5) is 0. The van der Waals surface area contributed by atoms with E-state index in [-0.39, 0.29) is 6.10 Å². The number of ether oxygens (including phenoxy) is 3. The molecule has 3 heteroatoms. The van der Waals surface area contributed by atoms with E-state index in [0.29, 0.717) is 24.2 Å². The fourth-order valence-corrected chi connectivity index (χ4v) is 7.30. The van der Waals surface area contributed by atoms with Gasteiger partial charge in [-0.1, -0.05) is 12.8 Å². The van der Waals surface area contributed by atoms with Crippen molar-refractivity contribution < 1.29 is 14.2 Å². The molecule has 10 unspecified atom stereocenters. The largest absolute Gasteiger partial charge is 0.378 e. The van der Waals surface area contributed by atoms with E-state index < -0.39 is 0 Å². The minimum Gasteiger partial charge on any atom is -0.378 e. The Morgan fingerprint density at radius 2 is 1.45 bits per heavy atom. The summed E-state index contributed by atoms with van der Waals surface area (Å²) in [6, 6.07) is 0. The first-order valence-electron chi connectivity index (χ1n) is 9.54. The van der Waals surface area contributed by atoms with Crippen LogP contribution in [0.3, 0.4) is 0 Å². The predicted molar refractivity (Wildman–Crippen MR) is 83.5 cm³/mol. The zero-order valence-electron chi connectivity index (χ0n) is 13.9. The van der Waals surface area contributed by atoms with Crippen LogP contribution in [-0.4, -0.2) is 38.6 Å². The van der Waals surface area contributed by atoms with Gasteiger partial charge in [0.2, 0.25) is 0 Å². The Bertz CT molecular complexity index is 430. The normalized spacial score (nSPS) is 59.2. The van der Waals surface area contributed by atoms with Crippen LogP contribution in [0.2, 0.25) is 0 Å². The molecule has 0 bridgehead atoms. The van der Waals surface area contributed by atoms with E-state index in [1.165, 1.54) is 44.9 Å². The molecule has 5 rings (SSSR count). The summed E-state index contributed by atoms with van der Waals surface area (Å²) >= 11 is 0. The van der Waals surface area contributed by atoms with Crippen LogP contribution < -0.4 is 0 Å². The van der Waals surface area contributed by atoms with Gasteiger partial charge in [-0.25, -0.2) is 0 Å².